The monoisotopic (exact) mass is 380 g/mol. The van der Waals surface area contributed by atoms with Gasteiger partial charge in [-0.2, -0.15) is 0 Å². The molecular weight excluding hydrogens is 368 g/mol. The van der Waals surface area contributed by atoms with Gasteiger partial charge >= 0.3 is 0 Å². The summed E-state index contributed by atoms with van der Waals surface area (Å²) in [6.45, 7) is 0. The van der Waals surface area contributed by atoms with Crippen molar-refractivity contribution in [3.05, 3.63) is 44.6 Å². The van der Waals surface area contributed by atoms with Gasteiger partial charge in [0.15, 0.2) is 4.67 Å². The predicted molar refractivity (Wildman–Crippen MR) is 88.9 cm³/mol. The summed E-state index contributed by atoms with van der Waals surface area (Å²) in [5.41, 5.74) is 6.90. The smallest absolute Gasteiger partial charge is 0.251 e. The van der Waals surface area contributed by atoms with Gasteiger partial charge in [-0.1, -0.05) is 0 Å². The summed E-state index contributed by atoms with van der Waals surface area (Å²) in [7, 11) is 0. The highest BCUT2D eigenvalue weighted by Gasteiger charge is 2.25. The topological polar surface area (TPSA) is 85.3 Å². The molecule has 0 aliphatic heterocycles. The number of rotatable bonds is 4. The lowest BCUT2D eigenvalue weighted by Gasteiger charge is -2.03. The van der Waals surface area contributed by atoms with Gasteiger partial charge in [-0.3, -0.25) is 9.59 Å². The van der Waals surface area contributed by atoms with E-state index in [1.54, 1.807) is 18.2 Å². The molecule has 2 heterocycles. The summed E-state index contributed by atoms with van der Waals surface area (Å²) >= 11 is 4.63. The number of aryl methyl sites for hydroxylation is 1. The van der Waals surface area contributed by atoms with E-state index in [-0.39, 0.29) is 5.91 Å². The maximum atomic E-state index is 12.0. The van der Waals surface area contributed by atoms with E-state index in [4.69, 9.17) is 10.2 Å². The average molecular weight is 381 g/mol. The number of nitrogens with two attached hydrogens (primary N) is 1. The maximum absolute atomic E-state index is 12.0. The van der Waals surface area contributed by atoms with E-state index in [0.29, 0.717) is 21.0 Å². The SMILES string of the molecule is NC(=O)c1c(NC(=O)C=Cc2ccc(Br)o2)sc2c1CCC2. The second-order valence-corrected chi connectivity index (χ2v) is 6.78. The molecule has 3 N–H and O–H groups in total. The Morgan fingerprint density at radius 2 is 2.18 bits per heavy atom. The Bertz CT molecular complexity index is 776. The molecule has 0 atom stereocenters. The Labute approximate surface area is 139 Å². The molecule has 2 aromatic rings. The van der Waals surface area contributed by atoms with Gasteiger partial charge in [-0.25, -0.2) is 0 Å². The molecule has 22 heavy (non-hydrogen) atoms. The summed E-state index contributed by atoms with van der Waals surface area (Å²) in [6.07, 6.45) is 5.73. The third-order valence-electron chi connectivity index (χ3n) is 3.40. The predicted octanol–water partition coefficient (Wildman–Crippen LogP) is 3.34. The van der Waals surface area contributed by atoms with E-state index in [1.165, 1.54) is 17.4 Å². The van der Waals surface area contributed by atoms with Crippen LogP contribution in [0.2, 0.25) is 0 Å². The molecule has 0 bridgehead atoms. The normalized spacial score (nSPS) is 13.5. The molecule has 0 spiro atoms. The van der Waals surface area contributed by atoms with Gasteiger partial charge in [0.2, 0.25) is 5.91 Å². The maximum Gasteiger partial charge on any atom is 0.251 e. The molecule has 5 nitrogen and oxygen atoms in total. The zero-order chi connectivity index (χ0) is 15.7. The first-order valence-corrected chi connectivity index (χ1v) is 8.34. The summed E-state index contributed by atoms with van der Waals surface area (Å²) < 4.78 is 5.87. The minimum Gasteiger partial charge on any atom is -0.450 e. The van der Waals surface area contributed by atoms with Crippen molar-refractivity contribution in [3.63, 3.8) is 0 Å². The van der Waals surface area contributed by atoms with Crippen LogP contribution in [0.5, 0.6) is 0 Å². The first-order valence-electron chi connectivity index (χ1n) is 6.73. The van der Waals surface area contributed by atoms with Crippen LogP contribution in [0.4, 0.5) is 5.00 Å². The van der Waals surface area contributed by atoms with Crippen LogP contribution in [0, 0.1) is 0 Å². The highest BCUT2D eigenvalue weighted by atomic mass is 79.9. The molecule has 1 aliphatic carbocycles. The van der Waals surface area contributed by atoms with Crippen molar-refractivity contribution in [3.8, 4) is 0 Å². The number of carbonyl (C=O) groups excluding carboxylic acids is 2. The van der Waals surface area contributed by atoms with Gasteiger partial charge in [0.25, 0.3) is 5.91 Å². The van der Waals surface area contributed by atoms with Crippen molar-refractivity contribution in [2.75, 3.05) is 5.32 Å². The zero-order valence-corrected chi connectivity index (χ0v) is 13.9. The summed E-state index contributed by atoms with van der Waals surface area (Å²) in [6, 6.07) is 3.48. The Morgan fingerprint density at radius 3 is 2.86 bits per heavy atom. The Balaban J connectivity index is 1.77. The number of halogens is 1. The molecule has 1 aliphatic rings. The third kappa shape index (κ3) is 3.00. The van der Waals surface area contributed by atoms with Crippen LogP contribution in [0.1, 0.15) is 33.0 Å². The average Bonchev–Trinajstić information content (AvgIpc) is 3.11. The molecule has 0 aromatic carbocycles. The number of thiophene rings is 1. The molecular formula is C15H13BrN2O3S. The number of hydrogen-bond donors (Lipinski definition) is 2. The highest BCUT2D eigenvalue weighted by molar-refractivity contribution is 9.10. The number of hydrogen-bond acceptors (Lipinski definition) is 4. The second-order valence-electron chi connectivity index (χ2n) is 4.89. The van der Waals surface area contributed by atoms with Gasteiger partial charge in [0.1, 0.15) is 10.8 Å². The van der Waals surface area contributed by atoms with E-state index >= 15 is 0 Å². The van der Waals surface area contributed by atoms with Crippen molar-refractivity contribution in [2.45, 2.75) is 19.3 Å². The number of carbonyl (C=O) groups is 2. The number of fused-ring (bicyclic) bond motifs is 1. The number of primary amides is 1. The lowest BCUT2D eigenvalue weighted by Crippen LogP contribution is -2.16. The summed E-state index contributed by atoms with van der Waals surface area (Å²) in [5, 5.41) is 3.27. The quantitative estimate of drug-likeness (QED) is 0.797. The molecule has 3 rings (SSSR count). The molecule has 2 amide bonds. The van der Waals surface area contributed by atoms with Crippen LogP contribution < -0.4 is 11.1 Å². The lowest BCUT2D eigenvalue weighted by molar-refractivity contribution is -0.111. The lowest BCUT2D eigenvalue weighted by atomic mass is 10.1. The third-order valence-corrected chi connectivity index (χ3v) is 5.03. The number of anilines is 1. The minimum atomic E-state index is -0.492. The molecule has 7 heteroatoms. The molecule has 0 saturated carbocycles. The van der Waals surface area contributed by atoms with E-state index in [9.17, 15) is 9.59 Å². The van der Waals surface area contributed by atoms with Crippen LogP contribution in [-0.4, -0.2) is 11.8 Å². The van der Waals surface area contributed by atoms with Crippen molar-refractivity contribution in [1.82, 2.24) is 0 Å². The van der Waals surface area contributed by atoms with E-state index in [2.05, 4.69) is 21.2 Å². The van der Waals surface area contributed by atoms with Crippen LogP contribution in [0.25, 0.3) is 6.08 Å². The van der Waals surface area contributed by atoms with Crippen molar-refractivity contribution in [2.24, 2.45) is 5.73 Å². The van der Waals surface area contributed by atoms with Crippen molar-refractivity contribution >= 4 is 50.2 Å². The van der Waals surface area contributed by atoms with Crippen LogP contribution >= 0.6 is 27.3 Å². The fraction of sp³-hybridized carbons (Fsp3) is 0.200. The second kappa shape index (κ2) is 6.10. The standard InChI is InChI=1S/C15H13BrN2O3S/c16-11-6-4-8(21-11)5-7-12(19)18-15-13(14(17)20)9-2-1-3-10(9)22-15/h4-7H,1-3H2,(H2,17,20)(H,18,19). The number of furan rings is 1. The molecule has 0 fully saturated rings. The molecule has 0 saturated heterocycles. The van der Waals surface area contributed by atoms with E-state index in [0.717, 1.165) is 29.7 Å². The van der Waals surface area contributed by atoms with Crippen LogP contribution in [-0.2, 0) is 17.6 Å². The first-order chi connectivity index (χ1) is 10.5. The highest BCUT2D eigenvalue weighted by Crippen LogP contribution is 2.38. The van der Waals surface area contributed by atoms with Gasteiger partial charge in [-0.15, -0.1) is 11.3 Å². The van der Waals surface area contributed by atoms with Crippen molar-refractivity contribution in [1.29, 1.82) is 0 Å². The number of nitrogens with one attached hydrogen (secondary N) is 1. The van der Waals surface area contributed by atoms with Gasteiger partial charge < -0.3 is 15.5 Å². The Hall–Kier alpha value is -1.86. The zero-order valence-electron chi connectivity index (χ0n) is 11.5. The van der Waals surface area contributed by atoms with Gasteiger partial charge in [0, 0.05) is 11.0 Å². The minimum absolute atomic E-state index is 0.324. The molecule has 0 radical (unpaired) electrons. The van der Waals surface area contributed by atoms with Gasteiger partial charge in [0.05, 0.1) is 5.56 Å². The Kier molecular flexibility index (Phi) is 4.17. The molecule has 114 valence electrons. The molecule has 2 aromatic heterocycles. The summed E-state index contributed by atoms with van der Waals surface area (Å²) in [4.78, 5) is 24.8. The summed E-state index contributed by atoms with van der Waals surface area (Å²) in [5.74, 6) is -0.255. The van der Waals surface area contributed by atoms with Crippen molar-refractivity contribution < 1.29 is 14.0 Å². The van der Waals surface area contributed by atoms with Gasteiger partial charge in [-0.05, 0) is 59.0 Å². The number of amides is 2. The molecule has 0 unspecified atom stereocenters. The Morgan fingerprint density at radius 1 is 1.36 bits per heavy atom. The van der Waals surface area contributed by atoms with Crippen LogP contribution in [0.15, 0.2) is 27.3 Å². The fourth-order valence-corrected chi connectivity index (χ4v) is 4.10. The van der Waals surface area contributed by atoms with E-state index < -0.39 is 5.91 Å². The first kappa shape index (κ1) is 15.1. The van der Waals surface area contributed by atoms with Crippen LogP contribution in [0.3, 0.4) is 0 Å². The largest absolute Gasteiger partial charge is 0.450 e. The van der Waals surface area contributed by atoms with E-state index in [1.807, 2.05) is 0 Å². The fourth-order valence-electron chi connectivity index (χ4n) is 2.48.